The lowest BCUT2D eigenvalue weighted by atomic mass is 10.1. The first kappa shape index (κ1) is 27.9. The summed E-state index contributed by atoms with van der Waals surface area (Å²) in [5.74, 6) is -1.68. The molecule has 0 bridgehead atoms. The first-order chi connectivity index (χ1) is 16.0. The topological polar surface area (TPSA) is 86.8 Å². The van der Waals surface area contributed by atoms with Crippen LogP contribution in [0.1, 0.15) is 32.3 Å². The first-order valence-electron chi connectivity index (χ1n) is 10.7. The number of nitrogens with zero attached hydrogens (tertiary/aromatic N) is 2. The summed E-state index contributed by atoms with van der Waals surface area (Å²) in [5, 5.41) is 3.06. The summed E-state index contributed by atoms with van der Waals surface area (Å²) in [6.07, 6.45) is 2.56. The van der Waals surface area contributed by atoms with E-state index < -0.39 is 40.2 Å². The van der Waals surface area contributed by atoms with Gasteiger partial charge in [0.15, 0.2) is 0 Å². The van der Waals surface area contributed by atoms with E-state index in [0.717, 1.165) is 28.3 Å². The average molecular weight is 532 g/mol. The van der Waals surface area contributed by atoms with Crippen molar-refractivity contribution in [3.8, 4) is 0 Å². The Kier molecular flexibility index (Phi) is 10.1. The lowest BCUT2D eigenvalue weighted by Gasteiger charge is -2.31. The summed E-state index contributed by atoms with van der Waals surface area (Å²) >= 11 is 12.2. The Balaban J connectivity index is 2.41. The van der Waals surface area contributed by atoms with E-state index in [1.165, 1.54) is 43.3 Å². The number of carbonyl (C=O) groups is 2. The van der Waals surface area contributed by atoms with Crippen molar-refractivity contribution in [1.29, 1.82) is 0 Å². The highest BCUT2D eigenvalue weighted by Gasteiger charge is 2.31. The van der Waals surface area contributed by atoms with Gasteiger partial charge in [-0.2, -0.15) is 0 Å². The molecule has 0 aliphatic heterocycles. The number of hydrogen-bond donors (Lipinski definition) is 1. The predicted octanol–water partition coefficient (Wildman–Crippen LogP) is 4.23. The maximum Gasteiger partial charge on any atom is 0.244 e. The van der Waals surface area contributed by atoms with Crippen LogP contribution in [0.5, 0.6) is 0 Å². The molecule has 11 heteroatoms. The minimum Gasteiger partial charge on any atom is -0.354 e. The van der Waals surface area contributed by atoms with Crippen molar-refractivity contribution in [2.75, 3.05) is 23.7 Å². The largest absolute Gasteiger partial charge is 0.354 e. The van der Waals surface area contributed by atoms with Gasteiger partial charge < -0.3 is 10.2 Å². The predicted molar refractivity (Wildman–Crippen MR) is 133 cm³/mol. The molecule has 0 unspecified atom stereocenters. The van der Waals surface area contributed by atoms with E-state index in [2.05, 4.69) is 5.32 Å². The lowest BCUT2D eigenvalue weighted by molar-refractivity contribution is -0.139. The zero-order chi connectivity index (χ0) is 25.5. The van der Waals surface area contributed by atoms with Crippen LogP contribution in [-0.4, -0.2) is 50.5 Å². The monoisotopic (exact) mass is 531 g/mol. The van der Waals surface area contributed by atoms with E-state index in [4.69, 9.17) is 23.2 Å². The van der Waals surface area contributed by atoms with Gasteiger partial charge in [-0.3, -0.25) is 13.9 Å². The van der Waals surface area contributed by atoms with Crippen molar-refractivity contribution in [2.24, 2.45) is 0 Å². The number of nitrogens with one attached hydrogen (secondary N) is 1. The Bertz CT molecular complexity index is 1130. The van der Waals surface area contributed by atoms with Crippen molar-refractivity contribution in [1.82, 2.24) is 10.2 Å². The minimum absolute atomic E-state index is 0.0240. The van der Waals surface area contributed by atoms with Crippen molar-refractivity contribution < 1.29 is 22.4 Å². The van der Waals surface area contributed by atoms with Crippen LogP contribution in [0, 0.1) is 5.82 Å². The molecule has 0 heterocycles. The van der Waals surface area contributed by atoms with Crippen LogP contribution in [0.3, 0.4) is 0 Å². The number of halogens is 3. The van der Waals surface area contributed by atoms with Gasteiger partial charge in [0.05, 0.1) is 17.0 Å². The van der Waals surface area contributed by atoms with Gasteiger partial charge in [-0.15, -0.1) is 0 Å². The van der Waals surface area contributed by atoms with Gasteiger partial charge in [0.25, 0.3) is 0 Å². The summed E-state index contributed by atoms with van der Waals surface area (Å²) in [4.78, 5) is 27.3. The van der Waals surface area contributed by atoms with Crippen LogP contribution in [0.25, 0.3) is 0 Å². The van der Waals surface area contributed by atoms with Crippen LogP contribution in [-0.2, 0) is 26.2 Å². The second-order valence-corrected chi connectivity index (χ2v) is 10.5. The van der Waals surface area contributed by atoms with E-state index in [1.54, 1.807) is 6.07 Å². The van der Waals surface area contributed by atoms with Crippen LogP contribution in [0.4, 0.5) is 10.1 Å². The molecule has 2 aromatic rings. The standard InChI is InChI=1S/C23H28Cl2FN3O4S/c1-4-5-12-27-23(31)16(2)28(14-17-8-6-7-9-20(17)26)22(30)15-29(34(3,32)33)21-13-18(24)10-11-19(21)25/h6-11,13,16H,4-5,12,14-15H2,1-3H3,(H,27,31)/t16-/m0/s1. The second-order valence-electron chi connectivity index (χ2n) is 7.80. The molecule has 0 fully saturated rings. The molecule has 0 aliphatic carbocycles. The number of hydrogen-bond acceptors (Lipinski definition) is 4. The third kappa shape index (κ3) is 7.58. The molecule has 0 spiro atoms. The molecule has 34 heavy (non-hydrogen) atoms. The quantitative estimate of drug-likeness (QED) is 0.439. The number of carbonyl (C=O) groups excluding carboxylic acids is 2. The normalized spacial score (nSPS) is 12.2. The summed E-state index contributed by atoms with van der Waals surface area (Å²) < 4.78 is 40.3. The molecule has 1 N–H and O–H groups in total. The Morgan fingerprint density at radius 1 is 1.15 bits per heavy atom. The van der Waals surface area contributed by atoms with Gasteiger partial charge in [-0.1, -0.05) is 54.7 Å². The lowest BCUT2D eigenvalue weighted by Crippen LogP contribution is -2.51. The highest BCUT2D eigenvalue weighted by Crippen LogP contribution is 2.31. The molecule has 1 atom stereocenters. The Morgan fingerprint density at radius 3 is 2.44 bits per heavy atom. The zero-order valence-electron chi connectivity index (χ0n) is 19.2. The van der Waals surface area contributed by atoms with Gasteiger partial charge in [-0.05, 0) is 37.6 Å². The molecule has 2 aromatic carbocycles. The van der Waals surface area contributed by atoms with E-state index in [-0.39, 0.29) is 27.8 Å². The van der Waals surface area contributed by atoms with E-state index in [0.29, 0.717) is 6.54 Å². The van der Waals surface area contributed by atoms with Crippen LogP contribution in [0.2, 0.25) is 10.0 Å². The summed E-state index contributed by atoms with van der Waals surface area (Å²) in [6.45, 7) is 3.03. The number of unbranched alkanes of at least 4 members (excludes halogenated alkanes) is 1. The number of rotatable bonds is 11. The van der Waals surface area contributed by atoms with Gasteiger partial charge >= 0.3 is 0 Å². The molecule has 0 saturated heterocycles. The van der Waals surface area contributed by atoms with E-state index >= 15 is 0 Å². The third-order valence-corrected chi connectivity index (χ3v) is 6.83. The minimum atomic E-state index is -3.96. The van der Waals surface area contributed by atoms with Crippen LogP contribution >= 0.6 is 23.2 Å². The van der Waals surface area contributed by atoms with Gasteiger partial charge in [0.1, 0.15) is 18.4 Å². The maximum atomic E-state index is 14.4. The second kappa shape index (κ2) is 12.4. The fourth-order valence-corrected chi connectivity index (χ4v) is 4.49. The molecular formula is C23H28Cl2FN3O4S. The number of sulfonamides is 1. The molecule has 186 valence electrons. The maximum absolute atomic E-state index is 14.4. The SMILES string of the molecule is CCCCNC(=O)[C@H](C)N(Cc1ccccc1F)C(=O)CN(c1cc(Cl)ccc1Cl)S(C)(=O)=O. The summed E-state index contributed by atoms with van der Waals surface area (Å²) in [6, 6.07) is 9.13. The molecule has 2 amide bonds. The summed E-state index contributed by atoms with van der Waals surface area (Å²) in [5.41, 5.74) is 0.215. The average Bonchev–Trinajstić information content (AvgIpc) is 2.77. The van der Waals surface area contributed by atoms with Gasteiger partial charge in [0, 0.05) is 23.7 Å². The molecular weight excluding hydrogens is 504 g/mol. The fourth-order valence-electron chi connectivity index (χ4n) is 3.20. The van der Waals surface area contributed by atoms with E-state index in [9.17, 15) is 22.4 Å². The molecule has 2 rings (SSSR count). The van der Waals surface area contributed by atoms with Crippen LogP contribution in [0.15, 0.2) is 42.5 Å². The highest BCUT2D eigenvalue weighted by atomic mass is 35.5. The van der Waals surface area contributed by atoms with Gasteiger partial charge in [-0.25, -0.2) is 12.8 Å². The van der Waals surface area contributed by atoms with Crippen molar-refractivity contribution in [2.45, 2.75) is 39.3 Å². The van der Waals surface area contributed by atoms with Crippen molar-refractivity contribution >= 4 is 50.7 Å². The molecule has 0 radical (unpaired) electrons. The Morgan fingerprint density at radius 2 is 1.82 bits per heavy atom. The smallest absolute Gasteiger partial charge is 0.244 e. The Hall–Kier alpha value is -2.36. The molecule has 0 saturated carbocycles. The molecule has 0 aromatic heterocycles. The Labute approximate surface area is 209 Å². The number of benzene rings is 2. The molecule has 0 aliphatic rings. The van der Waals surface area contributed by atoms with Crippen LogP contribution < -0.4 is 9.62 Å². The number of anilines is 1. The molecule has 7 nitrogen and oxygen atoms in total. The highest BCUT2D eigenvalue weighted by molar-refractivity contribution is 7.92. The zero-order valence-corrected chi connectivity index (χ0v) is 21.6. The van der Waals surface area contributed by atoms with Crippen molar-refractivity contribution in [3.05, 3.63) is 63.9 Å². The fraction of sp³-hybridized carbons (Fsp3) is 0.391. The van der Waals surface area contributed by atoms with Crippen molar-refractivity contribution in [3.63, 3.8) is 0 Å². The first-order valence-corrected chi connectivity index (χ1v) is 13.3. The summed E-state index contributed by atoms with van der Waals surface area (Å²) in [7, 11) is -3.96. The van der Waals surface area contributed by atoms with Gasteiger partial charge in [0.2, 0.25) is 21.8 Å². The number of amides is 2. The van der Waals surface area contributed by atoms with E-state index in [1.807, 2.05) is 6.92 Å². The third-order valence-electron chi connectivity index (χ3n) is 5.15.